The number of hydrogen-bond donors (Lipinski definition) is 1. The standard InChI is InChI=1S/C33H27BrCl2N2O2/c1-39-31-16-20(15-28(34)33(31)40-19-22-9-12-23(35)17-29(22)36)18-37-24-13-10-21(11-14-24)32-27-7-4-6-25(27)26-5-2-3-8-30(26)38-32/h2-6,8-18,25,27,32,38H,7,19H2,1H3/t25-,27-,32-/m0/s1. The molecule has 0 bridgehead atoms. The SMILES string of the molecule is COc1cc(C=Nc2ccc([C@@H]3Nc4ccccc4[C@@H]4C=CC[C@@H]43)cc2)cc(Br)c1OCc1ccc(Cl)cc1Cl. The molecule has 3 atom stereocenters. The summed E-state index contributed by atoms with van der Waals surface area (Å²) in [6.45, 7) is 0.282. The van der Waals surface area contributed by atoms with E-state index in [2.05, 4.69) is 81.9 Å². The van der Waals surface area contributed by atoms with Crippen LogP contribution in [0.3, 0.4) is 0 Å². The first-order valence-electron chi connectivity index (χ1n) is 13.1. The average Bonchev–Trinajstić information content (AvgIpc) is 3.46. The number of para-hydroxylation sites is 1. The van der Waals surface area contributed by atoms with Gasteiger partial charge in [-0.1, -0.05) is 71.8 Å². The fourth-order valence-electron chi connectivity index (χ4n) is 5.53. The number of nitrogens with one attached hydrogen (secondary N) is 1. The van der Waals surface area contributed by atoms with Gasteiger partial charge in [-0.15, -0.1) is 0 Å². The van der Waals surface area contributed by atoms with Crippen molar-refractivity contribution >= 4 is 56.7 Å². The van der Waals surface area contributed by atoms with E-state index in [1.165, 1.54) is 16.8 Å². The second-order valence-electron chi connectivity index (χ2n) is 9.97. The van der Waals surface area contributed by atoms with E-state index >= 15 is 0 Å². The van der Waals surface area contributed by atoms with Crippen LogP contribution in [0.2, 0.25) is 10.0 Å². The van der Waals surface area contributed by atoms with Gasteiger partial charge < -0.3 is 14.8 Å². The summed E-state index contributed by atoms with van der Waals surface area (Å²) in [7, 11) is 1.62. The number of aliphatic imine (C=N–C) groups is 1. The molecule has 1 aliphatic carbocycles. The van der Waals surface area contributed by atoms with E-state index in [4.69, 9.17) is 37.7 Å². The number of fused-ring (bicyclic) bond motifs is 3. The second-order valence-corrected chi connectivity index (χ2v) is 11.7. The maximum absolute atomic E-state index is 6.30. The third kappa shape index (κ3) is 5.51. The van der Waals surface area contributed by atoms with Crippen molar-refractivity contribution in [2.24, 2.45) is 10.9 Å². The Morgan fingerprint density at radius 3 is 2.65 bits per heavy atom. The Balaban J connectivity index is 1.17. The second kappa shape index (κ2) is 11.7. The van der Waals surface area contributed by atoms with Crippen molar-refractivity contribution in [1.82, 2.24) is 0 Å². The molecule has 0 aromatic heterocycles. The topological polar surface area (TPSA) is 42.8 Å². The van der Waals surface area contributed by atoms with Crippen molar-refractivity contribution < 1.29 is 9.47 Å². The maximum Gasteiger partial charge on any atom is 0.175 e. The molecule has 1 N–H and O–H groups in total. The highest BCUT2D eigenvalue weighted by atomic mass is 79.9. The van der Waals surface area contributed by atoms with Crippen LogP contribution < -0.4 is 14.8 Å². The summed E-state index contributed by atoms with van der Waals surface area (Å²) < 4.78 is 12.4. The van der Waals surface area contributed by atoms with Gasteiger partial charge >= 0.3 is 0 Å². The zero-order chi connectivity index (χ0) is 27.6. The molecule has 4 nitrogen and oxygen atoms in total. The van der Waals surface area contributed by atoms with Crippen molar-refractivity contribution in [3.63, 3.8) is 0 Å². The maximum atomic E-state index is 6.30. The van der Waals surface area contributed by atoms with Crippen molar-refractivity contribution in [3.8, 4) is 11.5 Å². The highest BCUT2D eigenvalue weighted by Crippen LogP contribution is 2.49. The van der Waals surface area contributed by atoms with Crippen LogP contribution >= 0.6 is 39.1 Å². The van der Waals surface area contributed by atoms with Crippen LogP contribution in [0.4, 0.5) is 11.4 Å². The van der Waals surface area contributed by atoms with Gasteiger partial charge in [0.2, 0.25) is 0 Å². The fourth-order valence-corrected chi connectivity index (χ4v) is 6.57. The minimum absolute atomic E-state index is 0.267. The van der Waals surface area contributed by atoms with Crippen molar-refractivity contribution in [2.75, 3.05) is 12.4 Å². The van der Waals surface area contributed by atoms with E-state index in [1.807, 2.05) is 24.4 Å². The number of allylic oxidation sites excluding steroid dienone is 2. The quantitative estimate of drug-likeness (QED) is 0.163. The number of benzene rings is 4. The molecule has 1 heterocycles. The van der Waals surface area contributed by atoms with Gasteiger partial charge in [0.15, 0.2) is 11.5 Å². The van der Waals surface area contributed by atoms with E-state index in [0.717, 1.165) is 27.7 Å². The molecule has 0 unspecified atom stereocenters. The van der Waals surface area contributed by atoms with E-state index < -0.39 is 0 Å². The monoisotopic (exact) mass is 632 g/mol. The lowest BCUT2D eigenvalue weighted by Gasteiger charge is -2.37. The number of halogens is 3. The van der Waals surface area contributed by atoms with Gasteiger partial charge in [-0.2, -0.15) is 0 Å². The van der Waals surface area contributed by atoms with Crippen LogP contribution in [0.15, 0.2) is 100 Å². The Bertz CT molecular complexity index is 1600. The molecular formula is C33H27BrCl2N2O2. The Labute approximate surface area is 252 Å². The summed E-state index contributed by atoms with van der Waals surface area (Å²) in [5.41, 5.74) is 6.50. The lowest BCUT2D eigenvalue weighted by molar-refractivity contribution is 0.282. The molecule has 202 valence electrons. The van der Waals surface area contributed by atoms with Crippen LogP contribution in [0.5, 0.6) is 11.5 Å². The largest absolute Gasteiger partial charge is 0.493 e. The minimum Gasteiger partial charge on any atom is -0.493 e. The summed E-state index contributed by atoms with van der Waals surface area (Å²) in [5, 5.41) is 4.93. The van der Waals surface area contributed by atoms with Crippen LogP contribution in [-0.4, -0.2) is 13.3 Å². The minimum atomic E-state index is 0.267. The summed E-state index contributed by atoms with van der Waals surface area (Å²) in [4.78, 5) is 4.72. The van der Waals surface area contributed by atoms with E-state index in [9.17, 15) is 0 Å². The smallest absolute Gasteiger partial charge is 0.175 e. The zero-order valence-corrected chi connectivity index (χ0v) is 24.9. The number of nitrogens with zero attached hydrogens (tertiary/aromatic N) is 1. The summed E-state index contributed by atoms with van der Waals surface area (Å²) in [6, 6.07) is 26.6. The van der Waals surface area contributed by atoms with Crippen LogP contribution in [0, 0.1) is 5.92 Å². The van der Waals surface area contributed by atoms with Gasteiger partial charge in [0.05, 0.1) is 23.3 Å². The van der Waals surface area contributed by atoms with Gasteiger partial charge in [-0.05, 0) is 87.4 Å². The van der Waals surface area contributed by atoms with Crippen LogP contribution in [0.1, 0.15) is 40.6 Å². The molecule has 0 spiro atoms. The van der Waals surface area contributed by atoms with Gasteiger partial charge in [-0.3, -0.25) is 4.99 Å². The van der Waals surface area contributed by atoms with E-state index in [0.29, 0.717) is 33.4 Å². The van der Waals surface area contributed by atoms with Gasteiger partial charge in [0.25, 0.3) is 0 Å². The number of methoxy groups -OCH3 is 1. The fraction of sp³-hybridized carbons (Fsp3) is 0.182. The lowest BCUT2D eigenvalue weighted by atomic mass is 9.77. The van der Waals surface area contributed by atoms with E-state index in [1.54, 1.807) is 19.2 Å². The van der Waals surface area contributed by atoms with Crippen molar-refractivity contribution in [1.29, 1.82) is 0 Å². The molecule has 7 heteroatoms. The Morgan fingerprint density at radius 2 is 1.85 bits per heavy atom. The third-order valence-corrected chi connectivity index (χ3v) is 8.70. The predicted molar refractivity (Wildman–Crippen MR) is 168 cm³/mol. The normalized spacial score (nSPS) is 19.2. The van der Waals surface area contributed by atoms with E-state index in [-0.39, 0.29) is 12.6 Å². The third-order valence-electron chi connectivity index (χ3n) is 7.53. The predicted octanol–water partition coefficient (Wildman–Crippen LogP) is 9.92. The number of hydrogen-bond acceptors (Lipinski definition) is 4. The first-order chi connectivity index (χ1) is 19.5. The molecule has 0 saturated heterocycles. The highest BCUT2D eigenvalue weighted by molar-refractivity contribution is 9.10. The van der Waals surface area contributed by atoms with Crippen LogP contribution in [0.25, 0.3) is 0 Å². The zero-order valence-electron chi connectivity index (χ0n) is 21.8. The Hall–Kier alpha value is -3.25. The Kier molecular flexibility index (Phi) is 7.88. The number of anilines is 1. The molecule has 4 aromatic carbocycles. The molecule has 1 aliphatic heterocycles. The van der Waals surface area contributed by atoms with Crippen molar-refractivity contribution in [3.05, 3.63) is 128 Å². The van der Waals surface area contributed by atoms with Crippen LogP contribution in [-0.2, 0) is 6.61 Å². The molecule has 4 aromatic rings. The molecule has 0 fully saturated rings. The first kappa shape index (κ1) is 26.9. The molecule has 40 heavy (non-hydrogen) atoms. The Morgan fingerprint density at radius 1 is 1.02 bits per heavy atom. The molecule has 0 amide bonds. The summed E-state index contributed by atoms with van der Waals surface area (Å²) in [5.74, 6) is 2.17. The summed E-state index contributed by atoms with van der Waals surface area (Å²) >= 11 is 15.9. The van der Waals surface area contributed by atoms with Crippen molar-refractivity contribution in [2.45, 2.75) is 25.0 Å². The number of rotatable bonds is 7. The molecule has 6 rings (SSSR count). The highest BCUT2D eigenvalue weighted by Gasteiger charge is 2.37. The van der Waals surface area contributed by atoms with Gasteiger partial charge in [0.1, 0.15) is 6.61 Å². The molecule has 0 saturated carbocycles. The number of ether oxygens (including phenoxy) is 2. The first-order valence-corrected chi connectivity index (χ1v) is 14.7. The lowest BCUT2D eigenvalue weighted by Crippen LogP contribution is -2.28. The van der Waals surface area contributed by atoms with Gasteiger partial charge in [-0.25, -0.2) is 0 Å². The average molecular weight is 634 g/mol. The molecular weight excluding hydrogens is 607 g/mol. The van der Waals surface area contributed by atoms with Gasteiger partial charge in [0, 0.05) is 33.4 Å². The molecule has 2 aliphatic rings. The summed E-state index contributed by atoms with van der Waals surface area (Å²) in [6.07, 6.45) is 7.60. The molecule has 0 radical (unpaired) electrons.